The van der Waals surface area contributed by atoms with Gasteiger partial charge in [-0.3, -0.25) is 0 Å². The van der Waals surface area contributed by atoms with Gasteiger partial charge in [0.2, 0.25) is 0 Å². The van der Waals surface area contributed by atoms with Crippen LogP contribution >= 0.6 is 0 Å². The Bertz CT molecular complexity index is 533. The Morgan fingerprint density at radius 2 is 1.90 bits per heavy atom. The van der Waals surface area contributed by atoms with Crippen LogP contribution in [0.15, 0.2) is 29.8 Å². The molecule has 0 saturated heterocycles. The van der Waals surface area contributed by atoms with Crippen LogP contribution in [0.5, 0.6) is 0 Å². The molecule has 3 nitrogen and oxygen atoms in total. The number of ether oxygens (including phenoxy) is 1. The zero-order chi connectivity index (χ0) is 15.1. The summed E-state index contributed by atoms with van der Waals surface area (Å²) in [6.45, 7) is 8.11. The zero-order valence-corrected chi connectivity index (χ0v) is 12.6. The average molecular weight is 271 g/mol. The summed E-state index contributed by atoms with van der Waals surface area (Å²) in [5, 5.41) is 9.12. The lowest BCUT2D eigenvalue weighted by Gasteiger charge is -2.08. The molecule has 20 heavy (non-hydrogen) atoms. The molecule has 0 heterocycles. The van der Waals surface area contributed by atoms with Crippen LogP contribution in [0.25, 0.3) is 5.57 Å². The van der Waals surface area contributed by atoms with E-state index in [4.69, 9.17) is 10.00 Å². The molecule has 106 valence electrons. The third-order valence-electron chi connectivity index (χ3n) is 3.00. The van der Waals surface area contributed by atoms with Crippen LogP contribution in [0.1, 0.15) is 38.8 Å². The number of allylic oxidation sites excluding steroid dienone is 1. The number of hydrogen-bond acceptors (Lipinski definition) is 3. The van der Waals surface area contributed by atoms with E-state index >= 15 is 0 Å². The quantitative estimate of drug-likeness (QED) is 0.465. The third kappa shape index (κ3) is 4.24. The predicted molar refractivity (Wildman–Crippen MR) is 79.8 cm³/mol. The van der Waals surface area contributed by atoms with Gasteiger partial charge in [0.25, 0.3) is 0 Å². The van der Waals surface area contributed by atoms with E-state index in [9.17, 15) is 4.79 Å². The van der Waals surface area contributed by atoms with Crippen molar-refractivity contribution < 1.29 is 9.53 Å². The van der Waals surface area contributed by atoms with E-state index in [1.54, 1.807) is 13.8 Å². The molecule has 0 aromatic heterocycles. The molecule has 1 aromatic carbocycles. The Morgan fingerprint density at radius 3 is 2.35 bits per heavy atom. The molecule has 0 aliphatic heterocycles. The van der Waals surface area contributed by atoms with Crippen molar-refractivity contribution in [2.75, 3.05) is 6.61 Å². The highest BCUT2D eigenvalue weighted by Crippen LogP contribution is 2.20. The van der Waals surface area contributed by atoms with Crippen molar-refractivity contribution in [2.24, 2.45) is 5.92 Å². The minimum absolute atomic E-state index is 0.0726. The predicted octanol–water partition coefficient (Wildman–Crippen LogP) is 3.75. The van der Waals surface area contributed by atoms with Crippen molar-refractivity contribution in [3.05, 3.63) is 41.0 Å². The standard InChI is InChI=1S/C17H21NO2/c1-5-20-17(19)16(11-18)13(4)15-8-6-14(7-9-15)10-12(2)3/h6-9,12H,5,10H2,1-4H3. The van der Waals surface area contributed by atoms with Crippen molar-refractivity contribution >= 4 is 11.5 Å². The summed E-state index contributed by atoms with van der Waals surface area (Å²) in [4.78, 5) is 11.7. The SMILES string of the molecule is CCOC(=O)C(C#N)=C(C)c1ccc(CC(C)C)cc1. The number of nitriles is 1. The maximum Gasteiger partial charge on any atom is 0.349 e. The molecule has 0 unspecified atom stereocenters. The van der Waals surface area contributed by atoms with Crippen molar-refractivity contribution in [3.63, 3.8) is 0 Å². The number of esters is 1. The molecule has 0 amide bonds. The lowest BCUT2D eigenvalue weighted by molar-refractivity contribution is -0.137. The number of carbonyl (C=O) groups is 1. The summed E-state index contributed by atoms with van der Waals surface area (Å²) in [5.41, 5.74) is 2.86. The first-order valence-corrected chi connectivity index (χ1v) is 6.87. The summed E-state index contributed by atoms with van der Waals surface area (Å²) in [6.07, 6.45) is 1.02. The zero-order valence-electron chi connectivity index (χ0n) is 12.6. The van der Waals surface area contributed by atoms with Crippen molar-refractivity contribution in [3.8, 4) is 6.07 Å². The van der Waals surface area contributed by atoms with Gasteiger partial charge >= 0.3 is 5.97 Å². The van der Waals surface area contributed by atoms with E-state index in [-0.39, 0.29) is 12.2 Å². The molecular weight excluding hydrogens is 250 g/mol. The van der Waals surface area contributed by atoms with E-state index in [1.165, 1.54) is 5.56 Å². The highest BCUT2D eigenvalue weighted by Gasteiger charge is 2.14. The highest BCUT2D eigenvalue weighted by atomic mass is 16.5. The van der Waals surface area contributed by atoms with Gasteiger partial charge in [0.1, 0.15) is 11.6 Å². The minimum atomic E-state index is -0.557. The van der Waals surface area contributed by atoms with E-state index in [1.807, 2.05) is 30.3 Å². The molecule has 0 fully saturated rings. The molecule has 1 rings (SSSR count). The molecule has 0 saturated carbocycles. The second-order valence-electron chi connectivity index (χ2n) is 5.13. The van der Waals surface area contributed by atoms with Crippen LogP contribution in [0.2, 0.25) is 0 Å². The van der Waals surface area contributed by atoms with Gasteiger partial charge in [-0.25, -0.2) is 4.79 Å². The third-order valence-corrected chi connectivity index (χ3v) is 3.00. The van der Waals surface area contributed by atoms with Gasteiger partial charge in [-0.05, 0) is 42.9 Å². The van der Waals surface area contributed by atoms with E-state index < -0.39 is 5.97 Å². The van der Waals surface area contributed by atoms with Crippen molar-refractivity contribution in [1.82, 2.24) is 0 Å². The van der Waals surface area contributed by atoms with Gasteiger partial charge in [0.05, 0.1) is 6.61 Å². The van der Waals surface area contributed by atoms with E-state index in [2.05, 4.69) is 13.8 Å². The second kappa shape index (κ2) is 7.49. The molecule has 0 aliphatic rings. The molecule has 0 radical (unpaired) electrons. The average Bonchev–Trinajstić information content (AvgIpc) is 2.40. The summed E-state index contributed by atoms with van der Waals surface area (Å²) in [6, 6.07) is 9.91. The van der Waals surface area contributed by atoms with Crippen LogP contribution in [0.3, 0.4) is 0 Å². The number of hydrogen-bond donors (Lipinski definition) is 0. The van der Waals surface area contributed by atoms with Gasteiger partial charge in [-0.1, -0.05) is 38.1 Å². The van der Waals surface area contributed by atoms with Gasteiger partial charge < -0.3 is 4.74 Å². The number of nitrogens with zero attached hydrogens (tertiary/aromatic N) is 1. The first kappa shape index (κ1) is 16.0. The van der Waals surface area contributed by atoms with Crippen LogP contribution < -0.4 is 0 Å². The van der Waals surface area contributed by atoms with Crippen molar-refractivity contribution in [1.29, 1.82) is 5.26 Å². The Balaban J connectivity index is 3.03. The van der Waals surface area contributed by atoms with Crippen molar-refractivity contribution in [2.45, 2.75) is 34.1 Å². The van der Waals surface area contributed by atoms with E-state index in [0.29, 0.717) is 11.5 Å². The van der Waals surface area contributed by atoms with Crippen LogP contribution in [0, 0.1) is 17.2 Å². The Morgan fingerprint density at radius 1 is 1.30 bits per heavy atom. The van der Waals surface area contributed by atoms with Gasteiger partial charge in [-0.2, -0.15) is 5.26 Å². The number of rotatable bonds is 5. The largest absolute Gasteiger partial charge is 0.462 e. The second-order valence-corrected chi connectivity index (χ2v) is 5.13. The Hall–Kier alpha value is -2.08. The normalized spacial score (nSPS) is 11.8. The molecule has 0 N–H and O–H groups in total. The van der Waals surface area contributed by atoms with Crippen LogP contribution in [-0.4, -0.2) is 12.6 Å². The molecule has 3 heteroatoms. The van der Waals surface area contributed by atoms with Gasteiger partial charge in [0.15, 0.2) is 0 Å². The molecule has 1 aromatic rings. The Kier molecular flexibility index (Phi) is 5.99. The summed E-state index contributed by atoms with van der Waals surface area (Å²) >= 11 is 0. The maximum absolute atomic E-state index is 11.7. The minimum Gasteiger partial charge on any atom is -0.462 e. The number of carbonyl (C=O) groups excluding carboxylic acids is 1. The Labute approximate surface area is 120 Å². The summed E-state index contributed by atoms with van der Waals surface area (Å²) < 4.78 is 4.89. The lowest BCUT2D eigenvalue weighted by Crippen LogP contribution is -2.08. The molecule has 0 aliphatic carbocycles. The molecular formula is C17H21NO2. The smallest absolute Gasteiger partial charge is 0.349 e. The molecule has 0 bridgehead atoms. The molecule has 0 spiro atoms. The fourth-order valence-corrected chi connectivity index (χ4v) is 1.99. The monoisotopic (exact) mass is 271 g/mol. The van der Waals surface area contributed by atoms with Crippen LogP contribution in [0.4, 0.5) is 0 Å². The first-order chi connectivity index (χ1) is 9.49. The topological polar surface area (TPSA) is 50.1 Å². The van der Waals surface area contributed by atoms with Crippen LogP contribution in [-0.2, 0) is 16.0 Å². The van der Waals surface area contributed by atoms with Gasteiger partial charge in [-0.15, -0.1) is 0 Å². The van der Waals surface area contributed by atoms with E-state index in [0.717, 1.165) is 12.0 Å². The lowest BCUT2D eigenvalue weighted by atomic mass is 9.97. The van der Waals surface area contributed by atoms with Gasteiger partial charge in [0, 0.05) is 0 Å². The maximum atomic E-state index is 11.7. The molecule has 0 atom stereocenters. The number of benzene rings is 1. The highest BCUT2D eigenvalue weighted by molar-refractivity contribution is 6.01. The fourth-order valence-electron chi connectivity index (χ4n) is 1.99. The summed E-state index contributed by atoms with van der Waals surface area (Å²) in [7, 11) is 0. The first-order valence-electron chi connectivity index (χ1n) is 6.87. The fraction of sp³-hybridized carbons (Fsp3) is 0.412. The summed E-state index contributed by atoms with van der Waals surface area (Å²) in [5.74, 6) is 0.0467.